The third-order valence-corrected chi connectivity index (χ3v) is 2.43. The Morgan fingerprint density at radius 2 is 2.08 bits per heavy atom. The molecule has 0 spiro atoms. The first-order chi connectivity index (χ1) is 5.83. The number of nitrogens with zero attached hydrogens (tertiary/aromatic N) is 2. The van der Waals surface area contributed by atoms with Crippen molar-refractivity contribution in [2.24, 2.45) is 10.9 Å². The maximum Gasteiger partial charge on any atom is 0.0382 e. The van der Waals surface area contributed by atoms with E-state index in [1.165, 1.54) is 38.9 Å². The maximum absolute atomic E-state index is 3.83. The van der Waals surface area contributed by atoms with Crippen LogP contribution in [0.4, 0.5) is 0 Å². The average Bonchev–Trinajstić information content (AvgIpc) is 2.00. The lowest BCUT2D eigenvalue weighted by Gasteiger charge is -2.37. The number of rotatable bonds is 6. The lowest BCUT2D eigenvalue weighted by molar-refractivity contribution is 0.111. The van der Waals surface area contributed by atoms with E-state index < -0.39 is 0 Å². The SMILES string of the molecule is C=NCCCCCN1CC(C)C1. The molecule has 0 atom stereocenters. The monoisotopic (exact) mass is 168 g/mol. The van der Waals surface area contributed by atoms with Crippen molar-refractivity contribution in [1.82, 2.24) is 4.90 Å². The predicted molar refractivity (Wildman–Crippen MR) is 53.9 cm³/mol. The van der Waals surface area contributed by atoms with Gasteiger partial charge in [-0.05, 0) is 32.0 Å². The molecule has 1 aliphatic rings. The fourth-order valence-corrected chi connectivity index (χ4v) is 1.75. The van der Waals surface area contributed by atoms with Crippen molar-refractivity contribution < 1.29 is 0 Å². The van der Waals surface area contributed by atoms with Gasteiger partial charge in [0.15, 0.2) is 0 Å². The molecule has 70 valence electrons. The Labute approximate surface area is 75.7 Å². The Hall–Kier alpha value is -0.370. The second-order valence-electron chi connectivity index (χ2n) is 3.87. The van der Waals surface area contributed by atoms with Crippen LogP contribution in [0.3, 0.4) is 0 Å². The molecule has 1 heterocycles. The van der Waals surface area contributed by atoms with E-state index in [1.54, 1.807) is 0 Å². The normalized spacial score (nSPS) is 19.1. The van der Waals surface area contributed by atoms with Gasteiger partial charge in [-0.15, -0.1) is 0 Å². The minimum atomic E-state index is 0.941. The zero-order chi connectivity index (χ0) is 8.81. The molecule has 1 fully saturated rings. The Morgan fingerprint density at radius 3 is 2.67 bits per heavy atom. The molecule has 0 amide bonds. The molecular formula is C10H20N2. The Morgan fingerprint density at radius 1 is 1.33 bits per heavy atom. The number of aliphatic imine (C=N–C) groups is 1. The number of hydrogen-bond acceptors (Lipinski definition) is 2. The Kier molecular flexibility index (Phi) is 4.30. The highest BCUT2D eigenvalue weighted by Gasteiger charge is 2.20. The van der Waals surface area contributed by atoms with Crippen molar-refractivity contribution >= 4 is 6.72 Å². The highest BCUT2D eigenvalue weighted by atomic mass is 15.2. The van der Waals surface area contributed by atoms with Crippen LogP contribution in [0.15, 0.2) is 4.99 Å². The van der Waals surface area contributed by atoms with Crippen molar-refractivity contribution in [2.75, 3.05) is 26.2 Å². The minimum absolute atomic E-state index is 0.941. The minimum Gasteiger partial charge on any atom is -0.303 e. The van der Waals surface area contributed by atoms with Gasteiger partial charge in [-0.25, -0.2) is 0 Å². The Balaban J connectivity index is 1.80. The summed E-state index contributed by atoms with van der Waals surface area (Å²) in [4.78, 5) is 6.37. The van der Waals surface area contributed by atoms with E-state index in [1.807, 2.05) is 0 Å². The van der Waals surface area contributed by atoms with E-state index in [9.17, 15) is 0 Å². The zero-order valence-electron chi connectivity index (χ0n) is 8.13. The molecule has 0 N–H and O–H groups in total. The average molecular weight is 168 g/mol. The van der Waals surface area contributed by atoms with Crippen molar-refractivity contribution in [3.8, 4) is 0 Å². The van der Waals surface area contributed by atoms with Crippen LogP contribution < -0.4 is 0 Å². The van der Waals surface area contributed by atoms with Crippen molar-refractivity contribution in [3.05, 3.63) is 0 Å². The van der Waals surface area contributed by atoms with Gasteiger partial charge < -0.3 is 9.89 Å². The third-order valence-electron chi connectivity index (χ3n) is 2.43. The van der Waals surface area contributed by atoms with Crippen LogP contribution >= 0.6 is 0 Å². The molecular weight excluding hydrogens is 148 g/mol. The first-order valence-electron chi connectivity index (χ1n) is 4.97. The highest BCUT2D eigenvalue weighted by Crippen LogP contribution is 2.14. The molecule has 12 heavy (non-hydrogen) atoms. The van der Waals surface area contributed by atoms with Gasteiger partial charge in [0.25, 0.3) is 0 Å². The molecule has 1 saturated heterocycles. The van der Waals surface area contributed by atoms with Crippen LogP contribution in [-0.2, 0) is 0 Å². The maximum atomic E-state index is 3.83. The van der Waals surface area contributed by atoms with Crippen molar-refractivity contribution in [1.29, 1.82) is 0 Å². The summed E-state index contributed by atoms with van der Waals surface area (Å²) in [6.45, 7) is 10.7. The van der Waals surface area contributed by atoms with E-state index >= 15 is 0 Å². The Bertz CT molecular complexity index is 128. The summed E-state index contributed by atoms with van der Waals surface area (Å²) in [7, 11) is 0. The van der Waals surface area contributed by atoms with Gasteiger partial charge in [0.2, 0.25) is 0 Å². The van der Waals surface area contributed by atoms with E-state index in [2.05, 4.69) is 23.5 Å². The molecule has 0 bridgehead atoms. The molecule has 0 aliphatic carbocycles. The van der Waals surface area contributed by atoms with Crippen LogP contribution in [0.5, 0.6) is 0 Å². The smallest absolute Gasteiger partial charge is 0.0382 e. The van der Waals surface area contributed by atoms with Gasteiger partial charge in [0.1, 0.15) is 0 Å². The molecule has 2 heteroatoms. The van der Waals surface area contributed by atoms with E-state index in [0.717, 1.165) is 12.5 Å². The summed E-state index contributed by atoms with van der Waals surface area (Å²) < 4.78 is 0. The number of likely N-dealkylation sites (tertiary alicyclic amines) is 1. The summed E-state index contributed by atoms with van der Waals surface area (Å²) in [5, 5.41) is 0. The molecule has 0 aromatic heterocycles. The van der Waals surface area contributed by atoms with Crippen LogP contribution in [0.1, 0.15) is 26.2 Å². The molecule has 1 aliphatic heterocycles. The first kappa shape index (κ1) is 9.72. The second kappa shape index (κ2) is 5.31. The van der Waals surface area contributed by atoms with Gasteiger partial charge in [-0.1, -0.05) is 13.3 Å². The molecule has 0 unspecified atom stereocenters. The lowest BCUT2D eigenvalue weighted by atomic mass is 10.0. The van der Waals surface area contributed by atoms with Crippen LogP contribution in [-0.4, -0.2) is 37.8 Å². The number of hydrogen-bond donors (Lipinski definition) is 0. The van der Waals surface area contributed by atoms with Crippen LogP contribution in [0.25, 0.3) is 0 Å². The first-order valence-corrected chi connectivity index (χ1v) is 4.97. The molecule has 0 saturated carbocycles. The lowest BCUT2D eigenvalue weighted by Crippen LogP contribution is -2.45. The topological polar surface area (TPSA) is 15.6 Å². The fourth-order valence-electron chi connectivity index (χ4n) is 1.75. The summed E-state index contributed by atoms with van der Waals surface area (Å²) in [6.07, 6.45) is 3.86. The molecule has 0 radical (unpaired) electrons. The van der Waals surface area contributed by atoms with Gasteiger partial charge in [-0.2, -0.15) is 0 Å². The molecule has 2 nitrogen and oxygen atoms in total. The van der Waals surface area contributed by atoms with Gasteiger partial charge in [0, 0.05) is 19.6 Å². The van der Waals surface area contributed by atoms with Gasteiger partial charge in [0.05, 0.1) is 0 Å². The van der Waals surface area contributed by atoms with E-state index in [4.69, 9.17) is 0 Å². The third kappa shape index (κ3) is 3.35. The largest absolute Gasteiger partial charge is 0.303 e. The second-order valence-corrected chi connectivity index (χ2v) is 3.87. The van der Waals surface area contributed by atoms with E-state index in [0.29, 0.717) is 0 Å². The molecule has 1 rings (SSSR count). The van der Waals surface area contributed by atoms with Crippen molar-refractivity contribution in [3.63, 3.8) is 0 Å². The predicted octanol–water partition coefficient (Wildman–Crippen LogP) is 1.81. The summed E-state index contributed by atoms with van der Waals surface area (Å²) in [6, 6.07) is 0. The summed E-state index contributed by atoms with van der Waals surface area (Å²) in [5.74, 6) is 0.944. The van der Waals surface area contributed by atoms with Gasteiger partial charge in [-0.3, -0.25) is 0 Å². The van der Waals surface area contributed by atoms with Gasteiger partial charge >= 0.3 is 0 Å². The van der Waals surface area contributed by atoms with Crippen molar-refractivity contribution in [2.45, 2.75) is 26.2 Å². The standard InChI is InChI=1S/C10H20N2/c1-10-8-12(9-10)7-5-3-4-6-11-2/h10H,2-9H2,1H3. The zero-order valence-corrected chi connectivity index (χ0v) is 8.13. The summed E-state index contributed by atoms with van der Waals surface area (Å²) >= 11 is 0. The highest BCUT2D eigenvalue weighted by molar-refractivity contribution is 5.22. The van der Waals surface area contributed by atoms with Crippen LogP contribution in [0.2, 0.25) is 0 Å². The van der Waals surface area contributed by atoms with E-state index in [-0.39, 0.29) is 0 Å². The fraction of sp³-hybridized carbons (Fsp3) is 0.900. The molecule has 0 aromatic carbocycles. The molecule has 0 aromatic rings. The van der Waals surface area contributed by atoms with Crippen LogP contribution in [0, 0.1) is 5.92 Å². The number of unbranched alkanes of at least 4 members (excludes halogenated alkanes) is 2. The summed E-state index contributed by atoms with van der Waals surface area (Å²) in [5.41, 5.74) is 0. The quantitative estimate of drug-likeness (QED) is 0.436.